The number of rotatable bonds is 16. The zero-order valence-electron chi connectivity index (χ0n) is 44.0. The van der Waals surface area contributed by atoms with E-state index < -0.39 is 63.6 Å². The van der Waals surface area contributed by atoms with E-state index in [2.05, 4.69) is 34.6 Å². The number of carbonyl (C=O) groups excluding carboxylic acids is 4. The van der Waals surface area contributed by atoms with Crippen molar-refractivity contribution in [3.8, 4) is 0 Å². The van der Waals surface area contributed by atoms with Crippen LogP contribution < -0.4 is 0 Å². The first-order chi connectivity index (χ1) is 34.7. The fourth-order valence-electron chi connectivity index (χ4n) is 12.2. The number of fused-ring (bicyclic) bond motifs is 2. The summed E-state index contributed by atoms with van der Waals surface area (Å²) in [7, 11) is 0. The normalized spacial score (nSPS) is 36.2. The Morgan fingerprint density at radius 2 is 0.500 bits per heavy atom. The molecule has 0 aromatic heterocycles. The minimum absolute atomic E-state index is 0.0196. The number of hydrogen-bond donors (Lipinski definition) is 5. The van der Waals surface area contributed by atoms with E-state index in [0.29, 0.717) is 0 Å². The molecule has 21 heteroatoms. The van der Waals surface area contributed by atoms with Crippen molar-refractivity contribution < 1.29 is 63.7 Å². The third-order valence-electron chi connectivity index (χ3n) is 17.3. The van der Waals surface area contributed by atoms with Crippen molar-refractivity contribution >= 4 is 24.1 Å². The van der Waals surface area contributed by atoms with Crippen molar-refractivity contribution in [3.05, 3.63) is 0 Å². The van der Waals surface area contributed by atoms with Crippen LogP contribution in [-0.4, -0.2) is 198 Å². The first kappa shape index (κ1) is 56.4. The molecule has 72 heavy (non-hydrogen) atoms. The SMILES string of the molecule is CC1CCC(O)CC1.CC1CCC(OCN2C(=O)N(COC3CCC(C)CC3)C3C2N(COC2CCC(C)CC2)C(=O)N3COC2CCC(C)CC2)CC1.O=C1N(CO)C2C(N1CO)N(CO)C(=O)N2CO. The van der Waals surface area contributed by atoms with Gasteiger partial charge in [-0.05, 0) is 158 Å². The molecule has 9 rings (SSSR count). The van der Waals surface area contributed by atoms with Crippen LogP contribution in [0.3, 0.4) is 0 Å². The highest BCUT2D eigenvalue weighted by Gasteiger charge is 2.61. The summed E-state index contributed by atoms with van der Waals surface area (Å²) in [5, 5.41) is 45.6. The molecule has 9 aliphatic rings. The molecule has 9 fully saturated rings. The topological polar surface area (TPSA) is 232 Å². The number of ether oxygens (including phenoxy) is 4. The highest BCUT2D eigenvalue weighted by molar-refractivity contribution is 5.85. The van der Waals surface area contributed by atoms with Crippen LogP contribution in [0.5, 0.6) is 0 Å². The predicted molar refractivity (Wildman–Crippen MR) is 263 cm³/mol. The average molecular weight is 1020 g/mol. The number of carbonyl (C=O) groups is 4. The molecule has 0 radical (unpaired) electrons. The van der Waals surface area contributed by atoms with Gasteiger partial charge in [0, 0.05) is 0 Å². The summed E-state index contributed by atoms with van der Waals surface area (Å²) in [5.74, 6) is 3.74. The van der Waals surface area contributed by atoms with Crippen molar-refractivity contribution in [3.63, 3.8) is 0 Å². The second-order valence-corrected chi connectivity index (χ2v) is 22.7. The molecule has 5 N–H and O–H groups in total. The van der Waals surface area contributed by atoms with E-state index in [1.807, 2.05) is 0 Å². The van der Waals surface area contributed by atoms with Crippen molar-refractivity contribution in [1.29, 1.82) is 0 Å². The lowest BCUT2D eigenvalue weighted by molar-refractivity contribution is -0.0839. The maximum absolute atomic E-state index is 14.3. The van der Waals surface area contributed by atoms with Crippen LogP contribution in [-0.2, 0) is 18.9 Å². The van der Waals surface area contributed by atoms with Gasteiger partial charge in [0.25, 0.3) is 0 Å². The minimum Gasteiger partial charge on any atom is -0.393 e. The van der Waals surface area contributed by atoms with Crippen LogP contribution in [0.15, 0.2) is 0 Å². The van der Waals surface area contributed by atoms with Gasteiger partial charge in [-0.1, -0.05) is 34.6 Å². The van der Waals surface area contributed by atoms with Crippen molar-refractivity contribution in [2.75, 3.05) is 53.8 Å². The number of amides is 8. The van der Waals surface area contributed by atoms with Gasteiger partial charge in [-0.2, -0.15) is 0 Å². The van der Waals surface area contributed by atoms with Gasteiger partial charge in [-0.3, -0.25) is 39.2 Å². The number of hydrogen-bond acceptors (Lipinski definition) is 13. The maximum atomic E-state index is 14.3. The molecule has 4 aliphatic heterocycles. The van der Waals surface area contributed by atoms with Gasteiger partial charge in [-0.25, -0.2) is 19.2 Å². The Morgan fingerprint density at radius 3 is 0.694 bits per heavy atom. The number of aliphatic hydroxyl groups excluding tert-OH is 5. The van der Waals surface area contributed by atoms with E-state index in [1.54, 1.807) is 19.6 Å². The van der Waals surface area contributed by atoms with Crippen LogP contribution in [0, 0.1) is 29.6 Å². The van der Waals surface area contributed by atoms with Gasteiger partial charge < -0.3 is 44.5 Å². The van der Waals surface area contributed by atoms with E-state index in [1.165, 1.54) is 12.8 Å². The summed E-state index contributed by atoms with van der Waals surface area (Å²) >= 11 is 0. The average Bonchev–Trinajstić information content (AvgIpc) is 4.02. The van der Waals surface area contributed by atoms with Crippen molar-refractivity contribution in [1.82, 2.24) is 39.2 Å². The van der Waals surface area contributed by atoms with Crippen LogP contribution in [0.2, 0.25) is 0 Å². The van der Waals surface area contributed by atoms with E-state index in [4.69, 9.17) is 44.5 Å². The molecule has 412 valence electrons. The third kappa shape index (κ3) is 13.4. The van der Waals surface area contributed by atoms with Crippen molar-refractivity contribution in [2.45, 2.75) is 218 Å². The van der Waals surface area contributed by atoms with Gasteiger partial charge >= 0.3 is 24.1 Å². The summed E-state index contributed by atoms with van der Waals surface area (Å²) in [6.45, 7) is 9.44. The first-order valence-electron chi connectivity index (χ1n) is 27.5. The van der Waals surface area contributed by atoms with Gasteiger partial charge in [0.05, 0.1) is 30.5 Å². The van der Waals surface area contributed by atoms with Gasteiger partial charge in [0.2, 0.25) is 0 Å². The first-order valence-corrected chi connectivity index (χ1v) is 27.5. The van der Waals surface area contributed by atoms with Crippen LogP contribution in [0.25, 0.3) is 0 Å². The Balaban J connectivity index is 0.000000238. The summed E-state index contributed by atoms with van der Waals surface area (Å²) in [6.07, 6.45) is 19.4. The molecule has 0 unspecified atom stereocenters. The standard InChI is InChI=1S/C36H62N4O6.C8H14N4O6.C7H14O/c1-25-5-13-29(14-6-25)43-21-37-33-34(39(35(37)41)23-45-31-17-9-27(3)10-18-31)40(24-46-32-19-11-28(4)12-20-32)36(42)38(33)22-44-30-15-7-26(2)8-16-30;13-1-9-5-6(11(3-15)7(9)17)12(4-16)8(18)10(5)2-14;1-6-2-4-7(8)5-3-6/h25-34H,5-24H2,1-4H3;5-6,13-16H,1-4H2;6-8H,2-5H2,1H3. The highest BCUT2D eigenvalue weighted by Crippen LogP contribution is 2.39. The Morgan fingerprint density at radius 1 is 0.319 bits per heavy atom. The lowest BCUT2D eigenvalue weighted by atomic mass is 9.89. The zero-order chi connectivity index (χ0) is 51.6. The van der Waals surface area contributed by atoms with Crippen molar-refractivity contribution in [2.24, 2.45) is 29.6 Å². The molecule has 0 aromatic carbocycles. The van der Waals surface area contributed by atoms with E-state index in [9.17, 15) is 19.2 Å². The summed E-state index contributed by atoms with van der Waals surface area (Å²) in [6, 6.07) is -1.63. The number of urea groups is 4. The highest BCUT2D eigenvalue weighted by atomic mass is 16.5. The number of aliphatic hydroxyl groups is 5. The van der Waals surface area contributed by atoms with Gasteiger partial charge in [0.15, 0.2) is 24.7 Å². The molecule has 0 aromatic rings. The Hall–Kier alpha value is -3.28. The maximum Gasteiger partial charge on any atom is 0.327 e. The molecular weight excluding hydrogens is 933 g/mol. The molecular formula is C51H90N8O13. The fraction of sp³-hybridized carbons (Fsp3) is 0.922. The zero-order valence-corrected chi connectivity index (χ0v) is 44.0. The quantitative estimate of drug-likeness (QED) is 0.123. The molecule has 21 nitrogen and oxygen atoms in total. The Labute approximate surface area is 427 Å². The molecule has 8 amide bonds. The Bertz CT molecular complexity index is 1500. The van der Waals surface area contributed by atoms with E-state index in [-0.39, 0.29) is 69.5 Å². The second kappa shape index (κ2) is 26.5. The summed E-state index contributed by atoms with van der Waals surface area (Å²) < 4.78 is 25.8. The third-order valence-corrected chi connectivity index (χ3v) is 17.3. The largest absolute Gasteiger partial charge is 0.393 e. The molecule has 0 spiro atoms. The molecule has 4 saturated heterocycles. The summed E-state index contributed by atoms with van der Waals surface area (Å²) in [4.78, 5) is 63.0. The Kier molecular flexibility index (Phi) is 20.8. The van der Waals surface area contributed by atoms with E-state index >= 15 is 0 Å². The molecule has 5 aliphatic carbocycles. The smallest absolute Gasteiger partial charge is 0.327 e. The summed E-state index contributed by atoms with van der Waals surface area (Å²) in [5.41, 5.74) is 0. The van der Waals surface area contributed by atoms with Crippen LogP contribution in [0.1, 0.15) is 163 Å². The second-order valence-electron chi connectivity index (χ2n) is 22.7. The van der Waals surface area contributed by atoms with E-state index in [0.717, 1.165) is 165 Å². The molecule has 5 saturated carbocycles. The van der Waals surface area contributed by atoms with Crippen LogP contribution in [0.4, 0.5) is 19.2 Å². The molecule has 0 atom stereocenters. The fourth-order valence-corrected chi connectivity index (χ4v) is 12.2. The monoisotopic (exact) mass is 1020 g/mol. The number of nitrogens with zero attached hydrogens (tertiary/aromatic N) is 8. The predicted octanol–water partition coefficient (Wildman–Crippen LogP) is 5.80. The lowest BCUT2D eigenvalue weighted by Crippen LogP contribution is -2.49. The molecule has 0 bridgehead atoms. The lowest BCUT2D eigenvalue weighted by Gasteiger charge is -2.34. The van der Waals surface area contributed by atoms with Gasteiger partial charge in [-0.15, -0.1) is 0 Å². The minimum atomic E-state index is -0.945. The van der Waals surface area contributed by atoms with Gasteiger partial charge in [0.1, 0.15) is 53.8 Å². The van der Waals surface area contributed by atoms with Crippen LogP contribution >= 0.6 is 0 Å². The molecule has 4 heterocycles.